The maximum Gasteiger partial charge on any atom is 0.416 e. The number of hydrogen-bond acceptors (Lipinski definition) is 4. The van der Waals surface area contributed by atoms with Crippen molar-refractivity contribution in [3.8, 4) is 0 Å². The van der Waals surface area contributed by atoms with Crippen molar-refractivity contribution in [2.75, 3.05) is 37.0 Å². The summed E-state index contributed by atoms with van der Waals surface area (Å²) in [6.45, 7) is 2.64. The molecule has 32 heavy (non-hydrogen) atoms. The second-order valence-electron chi connectivity index (χ2n) is 7.63. The molecular weight excluding hydrogens is 443 g/mol. The summed E-state index contributed by atoms with van der Waals surface area (Å²) >= 11 is 0. The molecule has 1 amide bonds. The standard InChI is InChI=1S/C22H26F3N3O3S/c23-22(24,25)18-8-6-9-19(16-18)28(32(30,31)20-10-2-1-3-11-20)17-21(29)26-12-7-15-27-13-4-5-14-27/h1-3,6,8-11,16H,4-5,7,12-15,17H2,(H,26,29). The van der Waals surface area contributed by atoms with Crippen molar-refractivity contribution in [2.24, 2.45) is 0 Å². The van der Waals surface area contributed by atoms with Gasteiger partial charge in [-0.3, -0.25) is 9.10 Å². The van der Waals surface area contributed by atoms with Gasteiger partial charge in [0, 0.05) is 6.54 Å². The molecule has 0 aliphatic carbocycles. The van der Waals surface area contributed by atoms with Gasteiger partial charge in [-0.1, -0.05) is 24.3 Å². The smallest absolute Gasteiger partial charge is 0.354 e. The van der Waals surface area contributed by atoms with E-state index in [9.17, 15) is 26.4 Å². The number of nitrogens with zero attached hydrogens (tertiary/aromatic N) is 2. The fourth-order valence-corrected chi connectivity index (χ4v) is 5.03. The fourth-order valence-electron chi connectivity index (χ4n) is 3.60. The molecule has 0 aromatic heterocycles. The van der Waals surface area contributed by atoms with Gasteiger partial charge in [0.2, 0.25) is 5.91 Å². The molecule has 1 saturated heterocycles. The van der Waals surface area contributed by atoms with Crippen LogP contribution in [0.2, 0.25) is 0 Å². The van der Waals surface area contributed by atoms with Crippen LogP contribution < -0.4 is 9.62 Å². The summed E-state index contributed by atoms with van der Waals surface area (Å²) in [5.74, 6) is -0.580. The van der Waals surface area contributed by atoms with Gasteiger partial charge in [-0.05, 0) is 69.2 Å². The summed E-state index contributed by atoms with van der Waals surface area (Å²) in [5, 5.41) is 2.68. The second-order valence-corrected chi connectivity index (χ2v) is 9.49. The minimum atomic E-state index is -4.64. The molecule has 2 aromatic rings. The molecule has 1 fully saturated rings. The van der Waals surface area contributed by atoms with Gasteiger partial charge in [0.15, 0.2) is 0 Å². The number of halogens is 3. The van der Waals surface area contributed by atoms with E-state index in [-0.39, 0.29) is 10.6 Å². The van der Waals surface area contributed by atoms with E-state index in [1.54, 1.807) is 6.07 Å². The largest absolute Gasteiger partial charge is 0.416 e. The molecule has 1 aliphatic heterocycles. The van der Waals surface area contributed by atoms with Gasteiger partial charge < -0.3 is 10.2 Å². The van der Waals surface area contributed by atoms with Crippen LogP contribution >= 0.6 is 0 Å². The van der Waals surface area contributed by atoms with E-state index in [1.807, 2.05) is 0 Å². The average molecular weight is 470 g/mol. The van der Waals surface area contributed by atoms with Crippen molar-refractivity contribution in [3.63, 3.8) is 0 Å². The first-order valence-electron chi connectivity index (χ1n) is 10.4. The van der Waals surface area contributed by atoms with E-state index in [0.717, 1.165) is 50.7 Å². The van der Waals surface area contributed by atoms with Crippen molar-refractivity contribution in [1.82, 2.24) is 10.2 Å². The van der Waals surface area contributed by atoms with Crippen LogP contribution in [0.3, 0.4) is 0 Å². The molecule has 0 unspecified atom stereocenters. The number of likely N-dealkylation sites (tertiary alicyclic amines) is 1. The third-order valence-electron chi connectivity index (χ3n) is 5.25. The van der Waals surface area contributed by atoms with Gasteiger partial charge >= 0.3 is 6.18 Å². The second kappa shape index (κ2) is 10.4. The maximum absolute atomic E-state index is 13.2. The quantitative estimate of drug-likeness (QED) is 0.571. The number of nitrogens with one attached hydrogen (secondary N) is 1. The van der Waals surface area contributed by atoms with Crippen LogP contribution in [0.25, 0.3) is 0 Å². The molecule has 1 aliphatic rings. The number of carbonyl (C=O) groups excluding carboxylic acids is 1. The van der Waals surface area contributed by atoms with Crippen LogP contribution in [0.1, 0.15) is 24.8 Å². The van der Waals surface area contributed by atoms with Crippen LogP contribution in [-0.2, 0) is 21.0 Å². The van der Waals surface area contributed by atoms with Gasteiger partial charge in [-0.2, -0.15) is 13.2 Å². The normalized spacial score (nSPS) is 15.0. The molecule has 10 heteroatoms. The highest BCUT2D eigenvalue weighted by Crippen LogP contribution is 2.33. The highest BCUT2D eigenvalue weighted by Gasteiger charge is 2.33. The zero-order chi connectivity index (χ0) is 23.2. The van der Waals surface area contributed by atoms with Gasteiger partial charge in [0.05, 0.1) is 16.1 Å². The summed E-state index contributed by atoms with van der Waals surface area (Å²) < 4.78 is 66.7. The van der Waals surface area contributed by atoms with E-state index < -0.39 is 34.2 Å². The highest BCUT2D eigenvalue weighted by molar-refractivity contribution is 7.92. The van der Waals surface area contributed by atoms with Crippen molar-refractivity contribution >= 4 is 21.6 Å². The number of hydrogen-bond donors (Lipinski definition) is 1. The Labute approximate surface area is 186 Å². The zero-order valence-electron chi connectivity index (χ0n) is 17.5. The lowest BCUT2D eigenvalue weighted by Crippen LogP contribution is -2.41. The first-order chi connectivity index (χ1) is 15.2. The number of amides is 1. The van der Waals surface area contributed by atoms with E-state index in [0.29, 0.717) is 17.3 Å². The lowest BCUT2D eigenvalue weighted by atomic mass is 10.2. The molecule has 0 atom stereocenters. The maximum atomic E-state index is 13.2. The number of benzene rings is 2. The number of carbonyl (C=O) groups is 1. The first-order valence-corrected chi connectivity index (χ1v) is 11.9. The molecule has 0 saturated carbocycles. The van der Waals surface area contributed by atoms with Gasteiger partial charge in [-0.15, -0.1) is 0 Å². The lowest BCUT2D eigenvalue weighted by Gasteiger charge is -2.25. The van der Waals surface area contributed by atoms with E-state index >= 15 is 0 Å². The predicted octanol–water partition coefficient (Wildman–Crippen LogP) is 3.50. The molecular formula is C22H26F3N3O3S. The molecule has 2 aromatic carbocycles. The van der Waals surface area contributed by atoms with Gasteiger partial charge in [0.1, 0.15) is 6.54 Å². The summed E-state index contributed by atoms with van der Waals surface area (Å²) in [5.41, 5.74) is -1.22. The van der Waals surface area contributed by atoms with Gasteiger partial charge in [0.25, 0.3) is 10.0 Å². The van der Waals surface area contributed by atoms with Crippen LogP contribution in [0.4, 0.5) is 18.9 Å². The molecule has 1 heterocycles. The number of rotatable bonds is 9. The van der Waals surface area contributed by atoms with E-state index in [1.165, 1.54) is 30.3 Å². The zero-order valence-corrected chi connectivity index (χ0v) is 18.3. The molecule has 0 radical (unpaired) electrons. The Morgan fingerprint density at radius 2 is 1.72 bits per heavy atom. The predicted molar refractivity (Wildman–Crippen MR) is 116 cm³/mol. The lowest BCUT2D eigenvalue weighted by molar-refractivity contribution is -0.137. The molecule has 0 bridgehead atoms. The summed E-state index contributed by atoms with van der Waals surface area (Å²) in [6.07, 6.45) is -1.61. The highest BCUT2D eigenvalue weighted by atomic mass is 32.2. The molecule has 6 nitrogen and oxygen atoms in total. The summed E-state index contributed by atoms with van der Waals surface area (Å²) in [4.78, 5) is 14.7. The Balaban J connectivity index is 1.77. The Morgan fingerprint density at radius 1 is 1.03 bits per heavy atom. The van der Waals surface area contributed by atoms with Crippen molar-refractivity contribution in [1.29, 1.82) is 0 Å². The Hall–Kier alpha value is -2.59. The van der Waals surface area contributed by atoms with E-state index in [2.05, 4.69) is 10.2 Å². The number of sulfonamides is 1. The van der Waals surface area contributed by atoms with Crippen molar-refractivity contribution in [2.45, 2.75) is 30.3 Å². The minimum Gasteiger partial charge on any atom is -0.354 e. The molecule has 0 spiro atoms. The fraction of sp³-hybridized carbons (Fsp3) is 0.409. The Kier molecular flexibility index (Phi) is 7.78. The van der Waals surface area contributed by atoms with Crippen LogP contribution in [0, 0.1) is 0 Å². The van der Waals surface area contributed by atoms with Crippen molar-refractivity contribution < 1.29 is 26.4 Å². The van der Waals surface area contributed by atoms with Crippen LogP contribution in [0.5, 0.6) is 0 Å². The topological polar surface area (TPSA) is 69.7 Å². The minimum absolute atomic E-state index is 0.112. The molecule has 1 N–H and O–H groups in total. The number of alkyl halides is 3. The van der Waals surface area contributed by atoms with Crippen LogP contribution in [0.15, 0.2) is 59.5 Å². The first kappa shape index (κ1) is 24.1. The Morgan fingerprint density at radius 3 is 2.38 bits per heavy atom. The summed E-state index contributed by atoms with van der Waals surface area (Å²) in [7, 11) is -4.26. The molecule has 174 valence electrons. The Bertz CT molecular complexity index is 1010. The summed E-state index contributed by atoms with van der Waals surface area (Å²) in [6, 6.07) is 11.3. The SMILES string of the molecule is O=C(CN(c1cccc(C(F)(F)F)c1)S(=O)(=O)c1ccccc1)NCCCN1CCCC1. The van der Waals surface area contributed by atoms with Gasteiger partial charge in [-0.25, -0.2) is 8.42 Å². The third-order valence-corrected chi connectivity index (χ3v) is 7.04. The van der Waals surface area contributed by atoms with E-state index in [4.69, 9.17) is 0 Å². The van der Waals surface area contributed by atoms with Crippen LogP contribution in [-0.4, -0.2) is 51.9 Å². The van der Waals surface area contributed by atoms with Crippen molar-refractivity contribution in [3.05, 3.63) is 60.2 Å². The third kappa shape index (κ3) is 6.23. The molecule has 3 rings (SSSR count). The average Bonchev–Trinajstić information content (AvgIpc) is 3.29. The monoisotopic (exact) mass is 469 g/mol. The number of anilines is 1.